The van der Waals surface area contributed by atoms with E-state index in [0.29, 0.717) is 24.3 Å². The Kier molecular flexibility index (Phi) is 9.56. The molecule has 0 saturated heterocycles. The van der Waals surface area contributed by atoms with Crippen molar-refractivity contribution >= 4 is 23.9 Å². The Morgan fingerprint density at radius 1 is 0.886 bits per heavy atom. The monoisotopic (exact) mass is 472 g/mol. The van der Waals surface area contributed by atoms with Gasteiger partial charge in [0.1, 0.15) is 5.75 Å². The topological polar surface area (TPSA) is 109 Å². The van der Waals surface area contributed by atoms with Gasteiger partial charge in [0, 0.05) is 6.54 Å². The SMILES string of the molecule is C[C@H](NC(=O)COc1ccc(/C=N\NC(=O)C(=O)NCCc2ccccc2)cc1)c1ccccc1. The van der Waals surface area contributed by atoms with Crippen molar-refractivity contribution in [2.24, 2.45) is 5.10 Å². The number of nitrogens with one attached hydrogen (secondary N) is 3. The van der Waals surface area contributed by atoms with E-state index in [1.165, 1.54) is 6.21 Å². The zero-order chi connectivity index (χ0) is 24.9. The molecule has 0 aliphatic carbocycles. The summed E-state index contributed by atoms with van der Waals surface area (Å²) in [4.78, 5) is 35.8. The van der Waals surface area contributed by atoms with Gasteiger partial charge in [0.05, 0.1) is 12.3 Å². The largest absolute Gasteiger partial charge is 0.484 e. The first-order valence-electron chi connectivity index (χ1n) is 11.2. The third kappa shape index (κ3) is 8.77. The number of carbonyl (C=O) groups is 3. The van der Waals surface area contributed by atoms with Crippen LogP contribution >= 0.6 is 0 Å². The minimum Gasteiger partial charge on any atom is -0.484 e. The van der Waals surface area contributed by atoms with Crippen molar-refractivity contribution in [1.82, 2.24) is 16.1 Å². The van der Waals surface area contributed by atoms with E-state index in [2.05, 4.69) is 21.2 Å². The Balaban J connectivity index is 1.36. The van der Waals surface area contributed by atoms with Gasteiger partial charge in [0.15, 0.2) is 6.61 Å². The molecule has 0 heterocycles. The molecule has 3 aromatic carbocycles. The lowest BCUT2D eigenvalue weighted by atomic mass is 10.1. The van der Waals surface area contributed by atoms with E-state index in [1.807, 2.05) is 67.6 Å². The summed E-state index contributed by atoms with van der Waals surface area (Å²) in [5, 5.41) is 9.25. The van der Waals surface area contributed by atoms with Crippen LogP contribution in [-0.4, -0.2) is 37.1 Å². The fraction of sp³-hybridized carbons (Fsp3) is 0.185. The molecule has 0 saturated carbocycles. The van der Waals surface area contributed by atoms with E-state index in [9.17, 15) is 14.4 Å². The van der Waals surface area contributed by atoms with E-state index in [0.717, 1.165) is 11.1 Å². The molecule has 0 bridgehead atoms. The summed E-state index contributed by atoms with van der Waals surface area (Å²) in [5.41, 5.74) is 4.97. The fourth-order valence-electron chi connectivity index (χ4n) is 3.17. The Morgan fingerprint density at radius 2 is 1.54 bits per heavy atom. The number of carbonyl (C=O) groups excluding carboxylic acids is 3. The van der Waals surface area contributed by atoms with Crippen molar-refractivity contribution in [3.05, 3.63) is 102 Å². The molecule has 3 N–H and O–H groups in total. The van der Waals surface area contributed by atoms with E-state index in [-0.39, 0.29) is 18.6 Å². The van der Waals surface area contributed by atoms with Crippen molar-refractivity contribution < 1.29 is 19.1 Å². The quantitative estimate of drug-likeness (QED) is 0.239. The van der Waals surface area contributed by atoms with Gasteiger partial charge in [-0.3, -0.25) is 14.4 Å². The van der Waals surface area contributed by atoms with Gasteiger partial charge in [-0.15, -0.1) is 0 Å². The number of hydrogen-bond acceptors (Lipinski definition) is 5. The molecule has 8 heteroatoms. The summed E-state index contributed by atoms with van der Waals surface area (Å²) >= 11 is 0. The molecular weight excluding hydrogens is 444 g/mol. The Labute approximate surface area is 204 Å². The van der Waals surface area contributed by atoms with Crippen LogP contribution in [0.25, 0.3) is 0 Å². The maximum absolute atomic E-state index is 12.1. The molecule has 0 aliphatic heterocycles. The van der Waals surface area contributed by atoms with Crippen LogP contribution in [0.3, 0.4) is 0 Å². The number of amides is 3. The first-order valence-corrected chi connectivity index (χ1v) is 11.2. The summed E-state index contributed by atoms with van der Waals surface area (Å²) in [6.07, 6.45) is 2.04. The second-order valence-electron chi connectivity index (χ2n) is 7.75. The highest BCUT2D eigenvalue weighted by Gasteiger charge is 2.12. The van der Waals surface area contributed by atoms with Gasteiger partial charge >= 0.3 is 11.8 Å². The molecule has 3 aromatic rings. The van der Waals surface area contributed by atoms with Gasteiger partial charge in [-0.2, -0.15) is 5.10 Å². The van der Waals surface area contributed by atoms with Crippen LogP contribution in [0.5, 0.6) is 5.75 Å². The first kappa shape index (κ1) is 25.2. The molecule has 3 rings (SSSR count). The number of rotatable bonds is 10. The molecule has 180 valence electrons. The fourth-order valence-corrected chi connectivity index (χ4v) is 3.17. The predicted molar refractivity (Wildman–Crippen MR) is 134 cm³/mol. The van der Waals surface area contributed by atoms with Gasteiger partial charge in [0.25, 0.3) is 5.91 Å². The van der Waals surface area contributed by atoms with Crippen LogP contribution in [0.15, 0.2) is 90.0 Å². The van der Waals surface area contributed by atoms with Crippen molar-refractivity contribution in [1.29, 1.82) is 0 Å². The van der Waals surface area contributed by atoms with Crippen molar-refractivity contribution in [2.45, 2.75) is 19.4 Å². The molecular formula is C27H28N4O4. The van der Waals surface area contributed by atoms with Crippen LogP contribution in [-0.2, 0) is 20.8 Å². The average molecular weight is 473 g/mol. The highest BCUT2D eigenvalue weighted by atomic mass is 16.5. The molecule has 0 radical (unpaired) electrons. The molecule has 8 nitrogen and oxygen atoms in total. The first-order chi connectivity index (χ1) is 17.0. The lowest BCUT2D eigenvalue weighted by Gasteiger charge is -2.14. The zero-order valence-electron chi connectivity index (χ0n) is 19.4. The third-order valence-corrected chi connectivity index (χ3v) is 5.06. The lowest BCUT2D eigenvalue weighted by Crippen LogP contribution is -2.38. The van der Waals surface area contributed by atoms with Crippen molar-refractivity contribution in [3.63, 3.8) is 0 Å². The van der Waals surface area contributed by atoms with Gasteiger partial charge in [-0.05, 0) is 54.3 Å². The molecule has 0 spiro atoms. The van der Waals surface area contributed by atoms with Gasteiger partial charge in [-0.1, -0.05) is 60.7 Å². The minimum absolute atomic E-state index is 0.111. The van der Waals surface area contributed by atoms with E-state index in [1.54, 1.807) is 24.3 Å². The number of hydrogen-bond donors (Lipinski definition) is 3. The molecule has 0 aliphatic rings. The zero-order valence-corrected chi connectivity index (χ0v) is 19.4. The summed E-state index contributed by atoms with van der Waals surface area (Å²) in [6, 6.07) is 26.0. The molecule has 1 atom stereocenters. The highest BCUT2D eigenvalue weighted by Crippen LogP contribution is 2.13. The standard InChI is InChI=1S/C27H28N4O4/c1-20(23-10-6-3-7-11-23)30-25(32)19-35-24-14-12-22(13-15-24)18-29-31-27(34)26(33)28-17-16-21-8-4-2-5-9-21/h2-15,18,20H,16-17,19H2,1H3,(H,28,33)(H,30,32)(H,31,34)/b29-18-/t20-/m0/s1. The number of nitrogens with zero attached hydrogens (tertiary/aromatic N) is 1. The number of hydrazone groups is 1. The second kappa shape index (κ2) is 13.3. The third-order valence-electron chi connectivity index (χ3n) is 5.06. The van der Waals surface area contributed by atoms with E-state index in [4.69, 9.17) is 4.74 Å². The van der Waals surface area contributed by atoms with Crippen LogP contribution in [0.4, 0.5) is 0 Å². The summed E-state index contributed by atoms with van der Waals surface area (Å²) in [6.45, 7) is 2.15. The van der Waals surface area contributed by atoms with E-state index < -0.39 is 11.8 Å². The summed E-state index contributed by atoms with van der Waals surface area (Å²) < 4.78 is 5.52. The van der Waals surface area contributed by atoms with Crippen molar-refractivity contribution in [2.75, 3.05) is 13.2 Å². The second-order valence-corrected chi connectivity index (χ2v) is 7.75. The molecule has 3 amide bonds. The molecule has 35 heavy (non-hydrogen) atoms. The summed E-state index contributed by atoms with van der Waals surface area (Å²) in [5.74, 6) is -1.30. The Hall–Kier alpha value is -4.46. The van der Waals surface area contributed by atoms with Crippen LogP contribution < -0.4 is 20.8 Å². The Morgan fingerprint density at radius 3 is 2.23 bits per heavy atom. The minimum atomic E-state index is -0.843. The smallest absolute Gasteiger partial charge is 0.329 e. The van der Waals surface area contributed by atoms with Crippen LogP contribution in [0.2, 0.25) is 0 Å². The van der Waals surface area contributed by atoms with Gasteiger partial charge in [-0.25, -0.2) is 5.43 Å². The normalized spacial score (nSPS) is 11.5. The predicted octanol–water partition coefficient (Wildman–Crippen LogP) is 2.75. The number of ether oxygens (including phenoxy) is 1. The van der Waals surface area contributed by atoms with Crippen LogP contribution in [0.1, 0.15) is 29.7 Å². The average Bonchev–Trinajstić information content (AvgIpc) is 2.89. The van der Waals surface area contributed by atoms with E-state index >= 15 is 0 Å². The van der Waals surface area contributed by atoms with Gasteiger partial charge < -0.3 is 15.4 Å². The maximum Gasteiger partial charge on any atom is 0.329 e. The molecule has 0 unspecified atom stereocenters. The van der Waals surface area contributed by atoms with Crippen molar-refractivity contribution in [3.8, 4) is 5.75 Å². The molecule has 0 fully saturated rings. The Bertz CT molecular complexity index is 1130. The lowest BCUT2D eigenvalue weighted by molar-refractivity contribution is -0.139. The summed E-state index contributed by atoms with van der Waals surface area (Å²) in [7, 11) is 0. The maximum atomic E-state index is 12.1. The number of benzene rings is 3. The van der Waals surface area contributed by atoms with Crippen LogP contribution in [0, 0.1) is 0 Å². The molecule has 0 aromatic heterocycles. The highest BCUT2D eigenvalue weighted by molar-refractivity contribution is 6.35. The van der Waals surface area contributed by atoms with Gasteiger partial charge in [0.2, 0.25) is 0 Å².